The SMILES string of the molecule is Cc1cc(-n2c(C)cc(C(=O)N3CC4CCC(N)C4C3)c2C)no1. The summed E-state index contributed by atoms with van der Waals surface area (Å²) < 4.78 is 7.16. The highest BCUT2D eigenvalue weighted by atomic mass is 16.5. The molecule has 2 fully saturated rings. The van der Waals surface area contributed by atoms with Crippen molar-refractivity contribution in [2.75, 3.05) is 13.1 Å². The predicted molar refractivity (Wildman–Crippen MR) is 90.1 cm³/mol. The lowest BCUT2D eigenvalue weighted by Gasteiger charge is -2.19. The molecule has 128 valence electrons. The van der Waals surface area contributed by atoms with Crippen LogP contribution in [-0.4, -0.2) is 39.7 Å². The summed E-state index contributed by atoms with van der Waals surface area (Å²) in [6.45, 7) is 7.44. The first kappa shape index (κ1) is 15.4. The lowest BCUT2D eigenvalue weighted by Crippen LogP contribution is -2.33. The molecule has 1 aliphatic carbocycles. The summed E-state index contributed by atoms with van der Waals surface area (Å²) in [7, 11) is 0. The first-order valence-corrected chi connectivity index (χ1v) is 8.63. The number of amides is 1. The van der Waals surface area contributed by atoms with Crippen molar-refractivity contribution < 1.29 is 9.32 Å². The molecule has 6 heteroatoms. The number of rotatable bonds is 2. The van der Waals surface area contributed by atoms with Gasteiger partial charge >= 0.3 is 0 Å². The maximum absolute atomic E-state index is 13.0. The van der Waals surface area contributed by atoms with Crippen molar-refractivity contribution in [3.05, 3.63) is 34.8 Å². The van der Waals surface area contributed by atoms with Gasteiger partial charge in [0.05, 0.1) is 5.56 Å². The number of aromatic nitrogens is 2. The Morgan fingerprint density at radius 1 is 1.25 bits per heavy atom. The van der Waals surface area contributed by atoms with Crippen molar-refractivity contribution in [1.82, 2.24) is 14.6 Å². The van der Waals surface area contributed by atoms with Crippen LogP contribution >= 0.6 is 0 Å². The summed E-state index contributed by atoms with van der Waals surface area (Å²) in [5.74, 6) is 2.63. The Hall–Kier alpha value is -2.08. The molecule has 1 saturated carbocycles. The largest absolute Gasteiger partial charge is 0.360 e. The van der Waals surface area contributed by atoms with Gasteiger partial charge in [0.1, 0.15) is 5.76 Å². The van der Waals surface area contributed by atoms with E-state index in [2.05, 4.69) is 5.16 Å². The van der Waals surface area contributed by atoms with Gasteiger partial charge in [0, 0.05) is 36.6 Å². The molecular formula is C18H24N4O2. The molecule has 2 aromatic rings. The first-order chi connectivity index (χ1) is 11.5. The van der Waals surface area contributed by atoms with E-state index in [-0.39, 0.29) is 11.9 Å². The van der Waals surface area contributed by atoms with E-state index in [9.17, 15) is 4.79 Å². The molecule has 3 heterocycles. The van der Waals surface area contributed by atoms with Crippen LogP contribution in [0.15, 0.2) is 16.7 Å². The summed E-state index contributed by atoms with van der Waals surface area (Å²) in [6, 6.07) is 4.08. The van der Waals surface area contributed by atoms with E-state index in [1.54, 1.807) is 0 Å². The Morgan fingerprint density at radius 3 is 2.71 bits per heavy atom. The van der Waals surface area contributed by atoms with Crippen LogP contribution in [0.2, 0.25) is 0 Å². The molecule has 24 heavy (non-hydrogen) atoms. The van der Waals surface area contributed by atoms with Crippen molar-refractivity contribution in [2.24, 2.45) is 17.6 Å². The number of carbonyl (C=O) groups excluding carboxylic acids is 1. The second-order valence-electron chi connectivity index (χ2n) is 7.29. The normalized spacial score (nSPS) is 26.2. The van der Waals surface area contributed by atoms with Crippen LogP contribution < -0.4 is 5.73 Å². The lowest BCUT2D eigenvalue weighted by molar-refractivity contribution is 0.0779. The predicted octanol–water partition coefficient (Wildman–Crippen LogP) is 2.20. The van der Waals surface area contributed by atoms with Crippen LogP contribution in [0.5, 0.6) is 0 Å². The van der Waals surface area contributed by atoms with E-state index in [1.165, 1.54) is 0 Å². The second kappa shape index (κ2) is 5.48. The lowest BCUT2D eigenvalue weighted by atomic mass is 9.98. The van der Waals surface area contributed by atoms with E-state index in [1.807, 2.05) is 42.4 Å². The van der Waals surface area contributed by atoms with E-state index in [0.29, 0.717) is 11.8 Å². The van der Waals surface area contributed by atoms with Gasteiger partial charge in [-0.05, 0) is 51.5 Å². The fourth-order valence-corrected chi connectivity index (χ4v) is 4.43. The van der Waals surface area contributed by atoms with Crippen LogP contribution in [-0.2, 0) is 0 Å². The molecule has 3 unspecified atom stereocenters. The van der Waals surface area contributed by atoms with Crippen LogP contribution in [0, 0.1) is 32.6 Å². The minimum Gasteiger partial charge on any atom is -0.360 e. The number of nitrogens with zero attached hydrogens (tertiary/aromatic N) is 3. The van der Waals surface area contributed by atoms with E-state index in [4.69, 9.17) is 10.3 Å². The van der Waals surface area contributed by atoms with Crippen molar-refractivity contribution in [1.29, 1.82) is 0 Å². The minimum absolute atomic E-state index is 0.108. The summed E-state index contributed by atoms with van der Waals surface area (Å²) in [6.07, 6.45) is 2.24. The smallest absolute Gasteiger partial charge is 0.255 e. The topological polar surface area (TPSA) is 77.3 Å². The quantitative estimate of drug-likeness (QED) is 0.917. The Kier molecular flexibility index (Phi) is 3.53. The number of fused-ring (bicyclic) bond motifs is 1. The van der Waals surface area contributed by atoms with Gasteiger partial charge in [-0.3, -0.25) is 9.36 Å². The van der Waals surface area contributed by atoms with Crippen LogP contribution in [0.3, 0.4) is 0 Å². The average Bonchev–Trinajstić information content (AvgIpc) is 3.26. The zero-order valence-corrected chi connectivity index (χ0v) is 14.5. The van der Waals surface area contributed by atoms with Crippen LogP contribution in [0.1, 0.15) is 40.3 Å². The van der Waals surface area contributed by atoms with Gasteiger partial charge in [-0.2, -0.15) is 0 Å². The molecule has 4 rings (SSSR count). The van der Waals surface area contributed by atoms with Gasteiger partial charge < -0.3 is 15.2 Å². The molecule has 2 aliphatic rings. The third-order valence-electron chi connectivity index (χ3n) is 5.71. The molecule has 1 saturated heterocycles. The molecule has 1 aliphatic heterocycles. The minimum atomic E-state index is 0.108. The van der Waals surface area contributed by atoms with Crippen molar-refractivity contribution in [3.8, 4) is 5.82 Å². The standard InChI is InChI=1S/C18H24N4O2/c1-10-6-14(12(3)22(10)17-7-11(2)24-20-17)18(23)21-8-13-4-5-16(19)15(13)9-21/h6-7,13,15-16H,4-5,8-9,19H2,1-3H3. The van der Waals surface area contributed by atoms with Gasteiger partial charge in [0.25, 0.3) is 5.91 Å². The summed E-state index contributed by atoms with van der Waals surface area (Å²) >= 11 is 0. The number of nitrogens with two attached hydrogens (primary N) is 1. The zero-order valence-electron chi connectivity index (χ0n) is 14.5. The van der Waals surface area contributed by atoms with Crippen molar-refractivity contribution >= 4 is 5.91 Å². The maximum atomic E-state index is 13.0. The molecule has 0 radical (unpaired) electrons. The van der Waals surface area contributed by atoms with Gasteiger partial charge in [-0.25, -0.2) is 0 Å². The average molecular weight is 328 g/mol. The molecule has 0 bridgehead atoms. The van der Waals surface area contributed by atoms with Crippen LogP contribution in [0.25, 0.3) is 5.82 Å². The second-order valence-corrected chi connectivity index (χ2v) is 7.29. The monoisotopic (exact) mass is 328 g/mol. The number of hydrogen-bond donors (Lipinski definition) is 1. The molecule has 1 amide bonds. The van der Waals surface area contributed by atoms with Gasteiger partial charge in [0.2, 0.25) is 0 Å². The highest BCUT2D eigenvalue weighted by molar-refractivity contribution is 5.96. The highest BCUT2D eigenvalue weighted by Gasteiger charge is 2.43. The summed E-state index contributed by atoms with van der Waals surface area (Å²) in [4.78, 5) is 15.0. The molecule has 2 aromatic heterocycles. The van der Waals surface area contributed by atoms with E-state index in [0.717, 1.165) is 54.5 Å². The Bertz CT molecular complexity index is 791. The molecule has 3 atom stereocenters. The third kappa shape index (κ3) is 2.28. The fraction of sp³-hybridized carbons (Fsp3) is 0.556. The third-order valence-corrected chi connectivity index (χ3v) is 5.71. The van der Waals surface area contributed by atoms with E-state index < -0.39 is 0 Å². The number of hydrogen-bond acceptors (Lipinski definition) is 4. The van der Waals surface area contributed by atoms with E-state index >= 15 is 0 Å². The van der Waals surface area contributed by atoms with Gasteiger partial charge in [0.15, 0.2) is 5.82 Å². The maximum Gasteiger partial charge on any atom is 0.255 e. The molecule has 0 aromatic carbocycles. The number of likely N-dealkylation sites (tertiary alicyclic amines) is 1. The molecular weight excluding hydrogens is 304 g/mol. The Morgan fingerprint density at radius 2 is 2.04 bits per heavy atom. The number of aryl methyl sites for hydroxylation is 2. The van der Waals surface area contributed by atoms with Crippen LogP contribution in [0.4, 0.5) is 0 Å². The van der Waals surface area contributed by atoms with Gasteiger partial charge in [-0.1, -0.05) is 5.16 Å². The zero-order chi connectivity index (χ0) is 17.0. The Labute approximate surface area is 141 Å². The molecule has 0 spiro atoms. The van der Waals surface area contributed by atoms with Crippen molar-refractivity contribution in [3.63, 3.8) is 0 Å². The first-order valence-electron chi connectivity index (χ1n) is 8.63. The summed E-state index contributed by atoms with van der Waals surface area (Å²) in [5.41, 5.74) is 8.84. The molecule has 2 N–H and O–H groups in total. The fourth-order valence-electron chi connectivity index (χ4n) is 4.43. The van der Waals surface area contributed by atoms with Gasteiger partial charge in [-0.15, -0.1) is 0 Å². The number of carbonyl (C=O) groups is 1. The van der Waals surface area contributed by atoms with Crippen molar-refractivity contribution in [2.45, 2.75) is 39.7 Å². The Balaban J connectivity index is 1.62. The molecule has 6 nitrogen and oxygen atoms in total. The highest BCUT2D eigenvalue weighted by Crippen LogP contribution is 2.38. The summed E-state index contributed by atoms with van der Waals surface area (Å²) in [5, 5.41) is 4.08.